The van der Waals surface area contributed by atoms with Crippen LogP contribution in [0, 0.1) is 0 Å². The summed E-state index contributed by atoms with van der Waals surface area (Å²) in [5, 5.41) is 8.51. The van der Waals surface area contributed by atoms with E-state index in [1.807, 2.05) is 12.3 Å². The number of H-pyrrole nitrogens is 1. The monoisotopic (exact) mass is 374 g/mol. The molecular weight excluding hydrogens is 352 g/mol. The van der Waals surface area contributed by atoms with Crippen molar-refractivity contribution in [2.24, 2.45) is 0 Å². The van der Waals surface area contributed by atoms with Crippen LogP contribution in [0.15, 0.2) is 59.8 Å². The SMILES string of the molecule is CNC1(c2cccc(-c3cnoc3)c2)CCN(c2ncnc3[nH]ccc23)CC1. The third kappa shape index (κ3) is 2.75. The highest BCUT2D eigenvalue weighted by Crippen LogP contribution is 2.36. The lowest BCUT2D eigenvalue weighted by atomic mass is 9.80. The molecule has 0 aliphatic carbocycles. The van der Waals surface area contributed by atoms with Crippen molar-refractivity contribution in [2.75, 3.05) is 25.0 Å². The van der Waals surface area contributed by atoms with Crippen LogP contribution in [0.5, 0.6) is 0 Å². The zero-order valence-electron chi connectivity index (χ0n) is 15.7. The van der Waals surface area contributed by atoms with Crippen molar-refractivity contribution in [3.63, 3.8) is 0 Å². The van der Waals surface area contributed by atoms with E-state index in [0.29, 0.717) is 0 Å². The van der Waals surface area contributed by atoms with Gasteiger partial charge in [0.25, 0.3) is 0 Å². The lowest BCUT2D eigenvalue weighted by molar-refractivity contribution is 0.282. The van der Waals surface area contributed by atoms with E-state index in [9.17, 15) is 0 Å². The molecule has 2 N–H and O–H groups in total. The first-order valence-corrected chi connectivity index (χ1v) is 9.51. The van der Waals surface area contributed by atoms with Gasteiger partial charge in [0.2, 0.25) is 0 Å². The standard InChI is InChI=1S/C21H22N6O/c1-22-21(17-4-2-3-15(11-17)16-12-26-28-13-16)6-9-27(10-7-21)20-18-5-8-23-19(18)24-14-25-20/h2-5,8,11-14,22H,6-7,9-10H2,1H3,(H,23,24,25). The first-order chi connectivity index (χ1) is 13.8. The van der Waals surface area contributed by atoms with Gasteiger partial charge in [-0.25, -0.2) is 9.97 Å². The van der Waals surface area contributed by atoms with Gasteiger partial charge in [0.15, 0.2) is 0 Å². The fourth-order valence-electron chi connectivity index (χ4n) is 4.24. The lowest BCUT2D eigenvalue weighted by Crippen LogP contribution is -2.50. The van der Waals surface area contributed by atoms with Crippen LogP contribution in [0.1, 0.15) is 18.4 Å². The Morgan fingerprint density at radius 3 is 2.82 bits per heavy atom. The molecule has 0 unspecified atom stereocenters. The predicted octanol–water partition coefficient (Wildman–Crippen LogP) is 3.33. The third-order valence-electron chi connectivity index (χ3n) is 5.91. The number of benzene rings is 1. The first kappa shape index (κ1) is 16.9. The zero-order chi connectivity index (χ0) is 19.0. The highest BCUT2D eigenvalue weighted by molar-refractivity contribution is 5.87. The maximum atomic E-state index is 5.01. The van der Waals surface area contributed by atoms with E-state index < -0.39 is 0 Å². The molecule has 0 radical (unpaired) electrons. The minimum absolute atomic E-state index is 0.0615. The molecule has 7 nitrogen and oxygen atoms in total. The molecule has 0 amide bonds. The summed E-state index contributed by atoms with van der Waals surface area (Å²) in [6, 6.07) is 10.7. The molecule has 1 saturated heterocycles. The Kier molecular flexibility index (Phi) is 4.09. The zero-order valence-corrected chi connectivity index (χ0v) is 15.7. The second-order valence-electron chi connectivity index (χ2n) is 7.25. The second-order valence-corrected chi connectivity index (χ2v) is 7.25. The molecule has 7 heteroatoms. The fraction of sp³-hybridized carbons (Fsp3) is 0.286. The van der Waals surface area contributed by atoms with Gasteiger partial charge in [-0.05, 0) is 43.1 Å². The molecule has 0 bridgehead atoms. The van der Waals surface area contributed by atoms with E-state index in [2.05, 4.69) is 61.6 Å². The van der Waals surface area contributed by atoms with Crippen LogP contribution in [0.3, 0.4) is 0 Å². The Hall–Kier alpha value is -3.19. The minimum atomic E-state index is -0.0615. The summed E-state index contributed by atoms with van der Waals surface area (Å²) < 4.78 is 5.01. The fourth-order valence-corrected chi connectivity index (χ4v) is 4.24. The number of nitrogens with one attached hydrogen (secondary N) is 2. The number of piperidine rings is 1. The molecule has 4 heterocycles. The number of nitrogens with zero attached hydrogens (tertiary/aromatic N) is 4. The third-order valence-corrected chi connectivity index (χ3v) is 5.91. The maximum Gasteiger partial charge on any atom is 0.142 e. The first-order valence-electron chi connectivity index (χ1n) is 9.51. The van der Waals surface area contributed by atoms with E-state index in [1.54, 1.807) is 18.8 Å². The maximum absolute atomic E-state index is 5.01. The van der Waals surface area contributed by atoms with E-state index in [1.165, 1.54) is 5.56 Å². The average molecular weight is 374 g/mol. The Morgan fingerprint density at radius 1 is 1.14 bits per heavy atom. The average Bonchev–Trinajstić information content (AvgIpc) is 3.46. The van der Waals surface area contributed by atoms with Gasteiger partial charge >= 0.3 is 0 Å². The minimum Gasteiger partial charge on any atom is -0.364 e. The molecule has 4 aromatic rings. The summed E-state index contributed by atoms with van der Waals surface area (Å²) in [7, 11) is 2.05. The van der Waals surface area contributed by atoms with Gasteiger partial charge in [0.05, 0.1) is 11.6 Å². The molecule has 1 aromatic carbocycles. The van der Waals surface area contributed by atoms with Crippen LogP contribution in [0.4, 0.5) is 5.82 Å². The number of rotatable bonds is 4. The van der Waals surface area contributed by atoms with Crippen molar-refractivity contribution < 1.29 is 4.52 Å². The number of aromatic nitrogens is 4. The van der Waals surface area contributed by atoms with Crippen LogP contribution >= 0.6 is 0 Å². The Morgan fingerprint density at radius 2 is 2.04 bits per heavy atom. The summed E-state index contributed by atoms with van der Waals surface area (Å²) in [4.78, 5) is 14.4. The topological polar surface area (TPSA) is 82.9 Å². The van der Waals surface area contributed by atoms with Crippen molar-refractivity contribution in [2.45, 2.75) is 18.4 Å². The van der Waals surface area contributed by atoms with E-state index >= 15 is 0 Å². The Bertz CT molecular complexity index is 1080. The van der Waals surface area contributed by atoms with Crippen LogP contribution in [0.25, 0.3) is 22.2 Å². The van der Waals surface area contributed by atoms with Gasteiger partial charge in [-0.3, -0.25) is 0 Å². The summed E-state index contributed by atoms with van der Waals surface area (Å²) >= 11 is 0. The number of aromatic amines is 1. The van der Waals surface area contributed by atoms with Crippen molar-refractivity contribution in [1.29, 1.82) is 0 Å². The number of anilines is 1. The number of fused-ring (bicyclic) bond motifs is 1. The van der Waals surface area contributed by atoms with Gasteiger partial charge in [-0.1, -0.05) is 23.4 Å². The van der Waals surface area contributed by atoms with Gasteiger partial charge in [0.1, 0.15) is 24.1 Å². The number of hydrogen-bond donors (Lipinski definition) is 2. The highest BCUT2D eigenvalue weighted by Gasteiger charge is 2.35. The summed E-state index contributed by atoms with van der Waals surface area (Å²) in [5.41, 5.74) is 4.25. The highest BCUT2D eigenvalue weighted by atomic mass is 16.5. The normalized spacial score (nSPS) is 16.5. The summed E-state index contributed by atoms with van der Waals surface area (Å²) in [6.45, 7) is 1.85. The molecular formula is C21H22N6O. The van der Waals surface area contributed by atoms with E-state index in [4.69, 9.17) is 4.52 Å². The molecule has 28 heavy (non-hydrogen) atoms. The van der Waals surface area contributed by atoms with Gasteiger partial charge < -0.3 is 19.7 Å². The molecule has 142 valence electrons. The van der Waals surface area contributed by atoms with E-state index in [-0.39, 0.29) is 5.54 Å². The van der Waals surface area contributed by atoms with E-state index in [0.717, 1.165) is 53.9 Å². The Labute approximate surface area is 162 Å². The molecule has 0 atom stereocenters. The van der Waals surface area contributed by atoms with Crippen LogP contribution in [0.2, 0.25) is 0 Å². The van der Waals surface area contributed by atoms with Crippen molar-refractivity contribution >= 4 is 16.9 Å². The predicted molar refractivity (Wildman–Crippen MR) is 108 cm³/mol. The molecule has 0 spiro atoms. The Balaban J connectivity index is 1.42. The van der Waals surface area contributed by atoms with Crippen molar-refractivity contribution in [3.8, 4) is 11.1 Å². The van der Waals surface area contributed by atoms with Crippen LogP contribution in [-0.4, -0.2) is 40.2 Å². The summed E-state index contributed by atoms with van der Waals surface area (Å²) in [5.74, 6) is 1.01. The second kappa shape index (κ2) is 6.76. The molecule has 0 saturated carbocycles. The summed E-state index contributed by atoms with van der Waals surface area (Å²) in [6.07, 6.45) is 8.98. The smallest absolute Gasteiger partial charge is 0.142 e. The van der Waals surface area contributed by atoms with Gasteiger partial charge in [-0.2, -0.15) is 0 Å². The molecule has 1 aliphatic rings. The van der Waals surface area contributed by atoms with Crippen LogP contribution in [-0.2, 0) is 5.54 Å². The molecule has 1 fully saturated rings. The molecule has 5 rings (SSSR count). The van der Waals surface area contributed by atoms with Gasteiger partial charge in [-0.15, -0.1) is 0 Å². The molecule has 3 aromatic heterocycles. The quantitative estimate of drug-likeness (QED) is 0.570. The van der Waals surface area contributed by atoms with Gasteiger partial charge in [0, 0.05) is 30.4 Å². The lowest BCUT2D eigenvalue weighted by Gasteiger charge is -2.43. The van der Waals surface area contributed by atoms with Crippen LogP contribution < -0.4 is 10.2 Å². The largest absolute Gasteiger partial charge is 0.364 e. The van der Waals surface area contributed by atoms with Crippen molar-refractivity contribution in [1.82, 2.24) is 25.4 Å². The molecule has 1 aliphatic heterocycles. The number of hydrogen-bond acceptors (Lipinski definition) is 6. The van der Waals surface area contributed by atoms with Crippen molar-refractivity contribution in [3.05, 3.63) is 60.9 Å².